The summed E-state index contributed by atoms with van der Waals surface area (Å²) in [5.74, 6) is -0.348. The van der Waals surface area contributed by atoms with Gasteiger partial charge in [0.05, 0.1) is 0 Å². The molecule has 0 spiro atoms. The number of hydrogen-bond acceptors (Lipinski definition) is 5. The lowest BCUT2D eigenvalue weighted by Crippen LogP contribution is -2.36. The average Bonchev–Trinajstić information content (AvgIpc) is 2.85. The van der Waals surface area contributed by atoms with E-state index < -0.39 is 11.2 Å². The van der Waals surface area contributed by atoms with Gasteiger partial charge in [-0.3, -0.25) is 4.98 Å². The molecular weight excluding hydrogens is 336 g/mol. The smallest absolute Gasteiger partial charge is 0.332 e. The van der Waals surface area contributed by atoms with Crippen LogP contribution in [0.1, 0.15) is 32.8 Å². The zero-order chi connectivity index (χ0) is 15.5. The number of aromatic nitrogens is 1. The third-order valence-electron chi connectivity index (χ3n) is 3.27. The molecule has 1 aliphatic rings. The van der Waals surface area contributed by atoms with Crippen molar-refractivity contribution in [1.82, 2.24) is 10.3 Å². The molecule has 116 valence electrons. The number of halogens is 1. The molecule has 0 radical (unpaired) electrons. The Labute approximate surface area is 133 Å². The Kier molecular flexibility index (Phi) is 5.01. The van der Waals surface area contributed by atoms with Crippen LogP contribution in [0.3, 0.4) is 0 Å². The predicted octanol–water partition coefficient (Wildman–Crippen LogP) is 2.39. The Balaban J connectivity index is 2.10. The Morgan fingerprint density at radius 1 is 1.52 bits per heavy atom. The Morgan fingerprint density at radius 2 is 2.29 bits per heavy atom. The quantitative estimate of drug-likeness (QED) is 0.839. The van der Waals surface area contributed by atoms with Gasteiger partial charge in [0, 0.05) is 29.0 Å². The minimum atomic E-state index is -0.515. The van der Waals surface area contributed by atoms with Gasteiger partial charge in [-0.1, -0.05) is 0 Å². The van der Waals surface area contributed by atoms with Crippen LogP contribution in [-0.2, 0) is 19.9 Å². The van der Waals surface area contributed by atoms with Crippen molar-refractivity contribution in [2.24, 2.45) is 0 Å². The van der Waals surface area contributed by atoms with Crippen molar-refractivity contribution in [3.05, 3.63) is 28.5 Å². The molecule has 0 aliphatic carbocycles. The number of rotatable bonds is 4. The van der Waals surface area contributed by atoms with Gasteiger partial charge in [0.2, 0.25) is 0 Å². The maximum atomic E-state index is 11.9. The second-order valence-electron chi connectivity index (χ2n) is 6.15. The Morgan fingerprint density at radius 3 is 2.86 bits per heavy atom. The molecule has 1 atom stereocenters. The number of carbonyl (C=O) groups is 1. The fourth-order valence-corrected chi connectivity index (χ4v) is 3.02. The lowest BCUT2D eigenvalue weighted by molar-refractivity contribution is -0.167. The highest BCUT2D eigenvalue weighted by Crippen LogP contribution is 2.36. The van der Waals surface area contributed by atoms with Crippen LogP contribution >= 0.6 is 15.9 Å². The van der Waals surface area contributed by atoms with Crippen molar-refractivity contribution in [3.63, 3.8) is 0 Å². The maximum Gasteiger partial charge on any atom is 0.332 e. The molecule has 21 heavy (non-hydrogen) atoms. The third-order valence-corrected chi connectivity index (χ3v) is 3.90. The van der Waals surface area contributed by atoms with Crippen molar-refractivity contribution < 1.29 is 14.3 Å². The second-order valence-corrected chi connectivity index (χ2v) is 7.01. The molecule has 1 aromatic heterocycles. The summed E-state index contributed by atoms with van der Waals surface area (Å²) in [6.45, 7) is 6.99. The topological polar surface area (TPSA) is 60.5 Å². The van der Waals surface area contributed by atoms with Gasteiger partial charge in [-0.2, -0.15) is 0 Å². The van der Waals surface area contributed by atoms with E-state index in [-0.39, 0.29) is 12.6 Å². The van der Waals surface area contributed by atoms with Gasteiger partial charge in [0.15, 0.2) is 0 Å². The molecule has 1 fully saturated rings. The number of esters is 1. The molecule has 2 rings (SSSR count). The number of carbonyl (C=O) groups excluding carboxylic acids is 1. The van der Waals surface area contributed by atoms with Crippen molar-refractivity contribution in [1.29, 1.82) is 0 Å². The molecule has 1 unspecified atom stereocenters. The van der Waals surface area contributed by atoms with E-state index in [2.05, 4.69) is 26.2 Å². The van der Waals surface area contributed by atoms with E-state index in [9.17, 15) is 4.79 Å². The molecule has 0 saturated carbocycles. The first-order valence-electron chi connectivity index (χ1n) is 6.99. The van der Waals surface area contributed by atoms with Crippen LogP contribution < -0.4 is 5.32 Å². The summed E-state index contributed by atoms with van der Waals surface area (Å²) in [4.78, 5) is 16.0. The van der Waals surface area contributed by atoms with E-state index in [1.807, 2.05) is 26.8 Å². The molecule has 5 nitrogen and oxygen atoms in total. The van der Waals surface area contributed by atoms with E-state index in [0.29, 0.717) is 6.54 Å². The summed E-state index contributed by atoms with van der Waals surface area (Å²) < 4.78 is 12.2. The second kappa shape index (κ2) is 6.42. The zero-order valence-corrected chi connectivity index (χ0v) is 14.2. The minimum Gasteiger partial charge on any atom is -0.458 e. The number of nitrogens with zero attached hydrogens (tertiary/aromatic N) is 1. The van der Waals surface area contributed by atoms with Crippen molar-refractivity contribution >= 4 is 21.9 Å². The minimum absolute atomic E-state index is 0.0618. The van der Waals surface area contributed by atoms with Gasteiger partial charge in [0.25, 0.3) is 0 Å². The van der Waals surface area contributed by atoms with Crippen LogP contribution in [0.4, 0.5) is 0 Å². The zero-order valence-electron chi connectivity index (χ0n) is 12.6. The van der Waals surface area contributed by atoms with Crippen molar-refractivity contribution in [2.75, 3.05) is 19.7 Å². The average molecular weight is 357 g/mol. The molecular formula is C15H21BrN2O3. The normalized spacial score (nSPS) is 22.3. The largest absolute Gasteiger partial charge is 0.458 e. The molecule has 1 aliphatic heterocycles. The Bertz CT molecular complexity index is 508. The van der Waals surface area contributed by atoms with Crippen molar-refractivity contribution in [2.45, 2.75) is 38.4 Å². The van der Waals surface area contributed by atoms with Gasteiger partial charge in [0.1, 0.15) is 17.8 Å². The molecule has 0 amide bonds. The van der Waals surface area contributed by atoms with Gasteiger partial charge in [-0.05, 0) is 55.7 Å². The monoisotopic (exact) mass is 356 g/mol. The number of pyridine rings is 1. The van der Waals surface area contributed by atoms with Crippen molar-refractivity contribution in [3.8, 4) is 0 Å². The summed E-state index contributed by atoms with van der Waals surface area (Å²) in [6.07, 6.45) is 4.28. The van der Waals surface area contributed by atoms with Gasteiger partial charge >= 0.3 is 5.97 Å². The summed E-state index contributed by atoms with van der Waals surface area (Å²) >= 11 is 3.51. The third kappa shape index (κ3) is 4.25. The molecule has 2 heterocycles. The fourth-order valence-electron chi connectivity index (χ4n) is 2.41. The number of nitrogens with one attached hydrogen (secondary N) is 1. The maximum absolute atomic E-state index is 11.9. The highest BCUT2D eigenvalue weighted by Gasteiger charge is 2.39. The molecule has 0 bridgehead atoms. The highest BCUT2D eigenvalue weighted by atomic mass is 79.9. The molecule has 0 aromatic carbocycles. The van der Waals surface area contributed by atoms with E-state index in [1.54, 1.807) is 12.4 Å². The SMILES string of the molecule is CC(C)(C)OC(=O)COC1(c2ccncc2Br)CCNC1. The molecule has 1 aromatic rings. The molecule has 1 N–H and O–H groups in total. The fraction of sp³-hybridized carbons (Fsp3) is 0.600. The summed E-state index contributed by atoms with van der Waals surface area (Å²) in [5.41, 5.74) is -0.0108. The molecule has 1 saturated heterocycles. The van der Waals surface area contributed by atoms with E-state index >= 15 is 0 Å². The van der Waals surface area contributed by atoms with Crippen LogP contribution in [0.15, 0.2) is 22.9 Å². The highest BCUT2D eigenvalue weighted by molar-refractivity contribution is 9.10. The van der Waals surface area contributed by atoms with Crippen LogP contribution in [-0.4, -0.2) is 36.3 Å². The van der Waals surface area contributed by atoms with Crippen LogP contribution in [0.2, 0.25) is 0 Å². The first-order chi connectivity index (χ1) is 9.82. The lowest BCUT2D eigenvalue weighted by Gasteiger charge is -2.30. The standard InChI is InChI=1S/C15H21BrN2O3/c1-14(2,3)21-13(19)9-20-15(5-7-18-10-15)11-4-6-17-8-12(11)16/h4,6,8,18H,5,7,9-10H2,1-3H3. The predicted molar refractivity (Wildman–Crippen MR) is 82.9 cm³/mol. The van der Waals surface area contributed by atoms with E-state index in [1.165, 1.54) is 0 Å². The number of ether oxygens (including phenoxy) is 2. The summed E-state index contributed by atoms with van der Waals surface area (Å²) in [7, 11) is 0. The lowest BCUT2D eigenvalue weighted by atomic mass is 9.93. The van der Waals surface area contributed by atoms with Gasteiger partial charge < -0.3 is 14.8 Å². The van der Waals surface area contributed by atoms with E-state index in [4.69, 9.17) is 9.47 Å². The Hall–Kier alpha value is -0.980. The van der Waals surface area contributed by atoms with Crippen LogP contribution in [0, 0.1) is 0 Å². The van der Waals surface area contributed by atoms with Gasteiger partial charge in [-0.15, -0.1) is 0 Å². The number of hydrogen-bond donors (Lipinski definition) is 1. The first-order valence-corrected chi connectivity index (χ1v) is 7.78. The first kappa shape index (κ1) is 16.4. The van der Waals surface area contributed by atoms with E-state index in [0.717, 1.165) is 23.0 Å². The van der Waals surface area contributed by atoms with Crippen LogP contribution in [0.5, 0.6) is 0 Å². The summed E-state index contributed by atoms with van der Waals surface area (Å²) in [5, 5.41) is 3.29. The summed E-state index contributed by atoms with van der Waals surface area (Å²) in [6, 6.07) is 1.92. The van der Waals surface area contributed by atoms with Crippen LogP contribution in [0.25, 0.3) is 0 Å². The molecule has 6 heteroatoms. The van der Waals surface area contributed by atoms with Gasteiger partial charge in [-0.25, -0.2) is 4.79 Å².